The fourth-order valence-corrected chi connectivity index (χ4v) is 1.78. The molecule has 0 saturated carbocycles. The summed E-state index contributed by atoms with van der Waals surface area (Å²) in [7, 11) is 0. The highest BCUT2D eigenvalue weighted by Crippen LogP contribution is 2.36. The van der Waals surface area contributed by atoms with Crippen LogP contribution in [-0.4, -0.2) is 9.91 Å². The Bertz CT molecular complexity index is 735. The summed E-state index contributed by atoms with van der Waals surface area (Å²) in [5, 5.41) is 10.4. The van der Waals surface area contributed by atoms with E-state index >= 15 is 0 Å². The molecule has 116 valence electrons. The van der Waals surface area contributed by atoms with E-state index in [2.05, 4.69) is 4.98 Å². The molecule has 22 heavy (non-hydrogen) atoms. The van der Waals surface area contributed by atoms with Crippen LogP contribution in [0.3, 0.4) is 0 Å². The molecule has 0 saturated heterocycles. The molecule has 1 aromatic carbocycles. The van der Waals surface area contributed by atoms with Gasteiger partial charge in [-0.15, -0.1) is 0 Å². The quantitative estimate of drug-likeness (QED) is 0.600. The normalized spacial score (nSPS) is 11.3. The number of nitrogens with zero attached hydrogens (tertiary/aromatic N) is 2. The van der Waals surface area contributed by atoms with Crippen LogP contribution >= 0.6 is 11.6 Å². The van der Waals surface area contributed by atoms with Gasteiger partial charge in [0.25, 0.3) is 5.69 Å². The molecule has 0 aliphatic rings. The van der Waals surface area contributed by atoms with E-state index in [1.54, 1.807) is 6.92 Å². The molecule has 0 spiro atoms. The van der Waals surface area contributed by atoms with Gasteiger partial charge in [0.2, 0.25) is 5.88 Å². The van der Waals surface area contributed by atoms with Gasteiger partial charge in [-0.05, 0) is 24.6 Å². The minimum atomic E-state index is -4.57. The number of ether oxygens (including phenoxy) is 1. The van der Waals surface area contributed by atoms with E-state index in [0.29, 0.717) is 17.8 Å². The molecule has 2 aromatic rings. The third-order valence-electron chi connectivity index (χ3n) is 2.72. The van der Waals surface area contributed by atoms with Crippen LogP contribution in [0.25, 0.3) is 0 Å². The fraction of sp³-hybridized carbons (Fsp3) is 0.154. The number of non-ortho nitro benzene ring substituents is 1. The maximum atomic E-state index is 12.5. The summed E-state index contributed by atoms with van der Waals surface area (Å²) < 4.78 is 42.8. The molecular formula is C13H8ClF3N2O3. The van der Waals surface area contributed by atoms with Crippen molar-refractivity contribution in [2.75, 3.05) is 0 Å². The van der Waals surface area contributed by atoms with Crippen molar-refractivity contribution >= 4 is 17.3 Å². The fourth-order valence-electron chi connectivity index (χ4n) is 1.57. The number of rotatable bonds is 3. The zero-order chi connectivity index (χ0) is 16.5. The molecule has 0 bridgehead atoms. The topological polar surface area (TPSA) is 65.3 Å². The summed E-state index contributed by atoms with van der Waals surface area (Å²) in [4.78, 5) is 13.6. The van der Waals surface area contributed by atoms with Crippen molar-refractivity contribution in [3.63, 3.8) is 0 Å². The summed E-state index contributed by atoms with van der Waals surface area (Å²) in [5.74, 6) is -0.179. The van der Waals surface area contributed by atoms with E-state index in [0.717, 1.165) is 6.07 Å². The molecule has 2 rings (SSSR count). The van der Waals surface area contributed by atoms with Crippen LogP contribution in [0.2, 0.25) is 5.02 Å². The zero-order valence-corrected chi connectivity index (χ0v) is 11.8. The smallest absolute Gasteiger partial charge is 0.417 e. The van der Waals surface area contributed by atoms with Crippen LogP contribution in [0, 0.1) is 17.0 Å². The highest BCUT2D eigenvalue weighted by molar-refractivity contribution is 6.31. The van der Waals surface area contributed by atoms with Gasteiger partial charge in [-0.3, -0.25) is 10.1 Å². The molecule has 0 fully saturated rings. The molecule has 0 radical (unpaired) electrons. The number of alkyl halides is 3. The van der Waals surface area contributed by atoms with E-state index in [4.69, 9.17) is 16.3 Å². The van der Waals surface area contributed by atoms with Crippen LogP contribution in [0.15, 0.2) is 30.5 Å². The van der Waals surface area contributed by atoms with Crippen LogP contribution in [0.4, 0.5) is 18.9 Å². The van der Waals surface area contributed by atoms with Crippen LogP contribution in [0.1, 0.15) is 11.1 Å². The van der Waals surface area contributed by atoms with Gasteiger partial charge in [0.1, 0.15) is 10.8 Å². The van der Waals surface area contributed by atoms with Gasteiger partial charge in [-0.1, -0.05) is 11.6 Å². The van der Waals surface area contributed by atoms with E-state index in [1.807, 2.05) is 0 Å². The number of hydrogen-bond acceptors (Lipinski definition) is 4. The van der Waals surface area contributed by atoms with Crippen molar-refractivity contribution < 1.29 is 22.8 Å². The molecule has 0 unspecified atom stereocenters. The second-order valence-electron chi connectivity index (χ2n) is 4.32. The lowest BCUT2D eigenvalue weighted by Gasteiger charge is -2.11. The molecule has 0 aliphatic heterocycles. The number of pyridine rings is 1. The Morgan fingerprint density at radius 1 is 1.32 bits per heavy atom. The van der Waals surface area contributed by atoms with Crippen molar-refractivity contribution in [3.8, 4) is 11.6 Å². The Morgan fingerprint density at radius 2 is 2.00 bits per heavy atom. The second kappa shape index (κ2) is 5.80. The Hall–Kier alpha value is -2.35. The lowest BCUT2D eigenvalue weighted by atomic mass is 10.2. The molecule has 1 heterocycles. The first-order valence-corrected chi connectivity index (χ1v) is 6.22. The van der Waals surface area contributed by atoms with Gasteiger partial charge < -0.3 is 4.74 Å². The first-order chi connectivity index (χ1) is 10.2. The predicted octanol–water partition coefficient (Wildman–Crippen LogP) is 4.76. The van der Waals surface area contributed by atoms with Gasteiger partial charge >= 0.3 is 6.18 Å². The third kappa shape index (κ3) is 3.45. The summed E-state index contributed by atoms with van der Waals surface area (Å²) in [6, 6.07) is 4.55. The Balaban J connectivity index is 2.35. The van der Waals surface area contributed by atoms with Crippen LogP contribution in [0.5, 0.6) is 11.6 Å². The lowest BCUT2D eigenvalue weighted by Crippen LogP contribution is -2.06. The lowest BCUT2D eigenvalue weighted by molar-refractivity contribution is -0.384. The maximum Gasteiger partial charge on any atom is 0.417 e. The number of nitro groups is 1. The largest absolute Gasteiger partial charge is 0.437 e. The summed E-state index contributed by atoms with van der Waals surface area (Å²) in [6.45, 7) is 1.62. The average Bonchev–Trinajstić information content (AvgIpc) is 2.41. The first-order valence-electron chi connectivity index (χ1n) is 5.84. The molecule has 0 N–H and O–H groups in total. The molecular weight excluding hydrogens is 325 g/mol. The number of halogens is 4. The predicted molar refractivity (Wildman–Crippen MR) is 72.2 cm³/mol. The maximum absolute atomic E-state index is 12.5. The van der Waals surface area contributed by atoms with E-state index in [1.165, 1.54) is 12.1 Å². The average molecular weight is 333 g/mol. The highest BCUT2D eigenvalue weighted by atomic mass is 35.5. The molecule has 0 atom stereocenters. The molecule has 1 aromatic heterocycles. The minimum absolute atomic E-state index is 0.0864. The molecule has 9 heteroatoms. The van der Waals surface area contributed by atoms with Crippen molar-refractivity contribution in [1.82, 2.24) is 4.98 Å². The summed E-state index contributed by atoms with van der Waals surface area (Å²) in [5.41, 5.74) is -0.687. The van der Waals surface area contributed by atoms with E-state index < -0.39 is 16.7 Å². The van der Waals surface area contributed by atoms with Crippen LogP contribution < -0.4 is 4.74 Å². The van der Waals surface area contributed by atoms with Gasteiger partial charge in [-0.25, -0.2) is 4.98 Å². The van der Waals surface area contributed by atoms with E-state index in [-0.39, 0.29) is 22.3 Å². The Morgan fingerprint density at radius 3 is 2.55 bits per heavy atom. The summed E-state index contributed by atoms with van der Waals surface area (Å²) >= 11 is 5.72. The number of benzene rings is 1. The molecule has 0 amide bonds. The van der Waals surface area contributed by atoms with Crippen molar-refractivity contribution in [3.05, 3.63) is 56.7 Å². The van der Waals surface area contributed by atoms with Gasteiger partial charge in [0, 0.05) is 12.3 Å². The van der Waals surface area contributed by atoms with Gasteiger partial charge in [0.15, 0.2) is 0 Å². The van der Waals surface area contributed by atoms with Crippen molar-refractivity contribution in [2.24, 2.45) is 0 Å². The molecule has 5 nitrogen and oxygen atoms in total. The molecule has 0 aliphatic carbocycles. The highest BCUT2D eigenvalue weighted by Gasteiger charge is 2.31. The standard InChI is InChI=1S/C13H8ClF3N2O3/c1-7-2-3-9(19(20)21)5-11(7)22-12-10(14)4-8(6-18-12)13(15,16)17/h2-6H,1H3. The number of aryl methyl sites for hydroxylation is 1. The van der Waals surface area contributed by atoms with Gasteiger partial charge in [0.05, 0.1) is 16.6 Å². The monoisotopic (exact) mass is 332 g/mol. The number of nitro benzene ring substituents is 1. The third-order valence-corrected chi connectivity index (χ3v) is 2.99. The Labute approximate surface area is 127 Å². The van der Waals surface area contributed by atoms with Crippen LogP contribution in [-0.2, 0) is 6.18 Å². The Kier molecular flexibility index (Phi) is 4.23. The van der Waals surface area contributed by atoms with Gasteiger partial charge in [-0.2, -0.15) is 13.2 Å². The zero-order valence-electron chi connectivity index (χ0n) is 11.0. The minimum Gasteiger partial charge on any atom is -0.437 e. The van der Waals surface area contributed by atoms with Crippen molar-refractivity contribution in [1.29, 1.82) is 0 Å². The summed E-state index contributed by atoms with van der Waals surface area (Å²) in [6.07, 6.45) is -4.00. The van der Waals surface area contributed by atoms with E-state index in [9.17, 15) is 23.3 Å². The second-order valence-corrected chi connectivity index (χ2v) is 4.72. The van der Waals surface area contributed by atoms with Crippen molar-refractivity contribution in [2.45, 2.75) is 13.1 Å². The first kappa shape index (κ1) is 16.0. The SMILES string of the molecule is Cc1ccc([N+](=O)[O-])cc1Oc1ncc(C(F)(F)F)cc1Cl. The number of aromatic nitrogens is 1. The number of hydrogen-bond donors (Lipinski definition) is 0.